The summed E-state index contributed by atoms with van der Waals surface area (Å²) in [6.45, 7) is 0.627. The molecule has 2 rings (SSSR count). The molecule has 0 radical (unpaired) electrons. The Morgan fingerprint density at radius 1 is 1.05 bits per heavy atom. The fraction of sp³-hybridized carbons (Fsp3) is 0.625. The summed E-state index contributed by atoms with van der Waals surface area (Å²) in [6.07, 6.45) is 7.63. The van der Waals surface area contributed by atoms with Gasteiger partial charge in [0.1, 0.15) is 0 Å². The maximum absolute atomic E-state index is 12.3. The van der Waals surface area contributed by atoms with Crippen molar-refractivity contribution in [3.8, 4) is 0 Å². The number of hydrogen-bond donors (Lipinski definition) is 0. The average Bonchev–Trinajstić information content (AvgIpc) is 2.75. The Hall–Kier alpha value is -0.870. The largest absolute Gasteiger partial charge is 0.302 e. The Labute approximate surface area is 122 Å². The molecule has 1 aromatic rings. The molecular weight excluding hydrogens is 270 g/mol. The first-order chi connectivity index (χ1) is 9.59. The summed E-state index contributed by atoms with van der Waals surface area (Å²) >= 11 is 0. The van der Waals surface area contributed by atoms with Crippen molar-refractivity contribution in [2.24, 2.45) is 0 Å². The highest BCUT2D eigenvalue weighted by Crippen LogP contribution is 2.21. The lowest BCUT2D eigenvalue weighted by Crippen LogP contribution is -2.35. The van der Waals surface area contributed by atoms with Crippen molar-refractivity contribution in [1.29, 1.82) is 0 Å². The summed E-state index contributed by atoms with van der Waals surface area (Å²) in [4.78, 5) is 2.68. The highest BCUT2D eigenvalue weighted by atomic mass is 32.2. The lowest BCUT2D eigenvalue weighted by atomic mass is 10.1. The van der Waals surface area contributed by atoms with Crippen LogP contribution in [-0.4, -0.2) is 38.7 Å². The average molecular weight is 295 g/mol. The molecule has 0 amide bonds. The molecule has 0 spiro atoms. The topological polar surface area (TPSA) is 37.4 Å². The highest BCUT2D eigenvalue weighted by Gasteiger charge is 2.20. The molecule has 1 aliphatic rings. The first-order valence-electron chi connectivity index (χ1n) is 7.57. The summed E-state index contributed by atoms with van der Waals surface area (Å²) in [5.41, 5.74) is 0. The van der Waals surface area contributed by atoms with Crippen LogP contribution < -0.4 is 0 Å². The molecule has 0 aromatic heterocycles. The van der Waals surface area contributed by atoms with Gasteiger partial charge in [0.05, 0.1) is 10.6 Å². The minimum atomic E-state index is -3.14. The first-order valence-corrected chi connectivity index (χ1v) is 9.23. The number of benzene rings is 1. The van der Waals surface area contributed by atoms with Crippen LogP contribution in [0.2, 0.25) is 0 Å². The molecule has 4 heteroatoms. The van der Waals surface area contributed by atoms with Crippen molar-refractivity contribution in [1.82, 2.24) is 4.90 Å². The van der Waals surface area contributed by atoms with E-state index in [0.29, 0.717) is 17.5 Å². The van der Waals surface area contributed by atoms with E-state index in [1.165, 1.54) is 38.5 Å². The second-order valence-corrected chi connectivity index (χ2v) is 7.87. The third kappa shape index (κ3) is 4.32. The number of hydrogen-bond acceptors (Lipinski definition) is 3. The van der Waals surface area contributed by atoms with Crippen LogP contribution in [0.5, 0.6) is 0 Å². The summed E-state index contributed by atoms with van der Waals surface area (Å²) in [7, 11) is -1.08. The standard InChI is InChI=1S/C16H25NO2S/c1-17(15-9-5-2-3-6-10-15)13-14-20(18,19)16-11-7-4-8-12-16/h4,7-8,11-12,15H,2-3,5-6,9-10,13-14H2,1H3. The number of nitrogens with zero attached hydrogens (tertiary/aromatic N) is 1. The van der Waals surface area contributed by atoms with Gasteiger partial charge >= 0.3 is 0 Å². The van der Waals surface area contributed by atoms with Gasteiger partial charge in [0.2, 0.25) is 0 Å². The van der Waals surface area contributed by atoms with Gasteiger partial charge < -0.3 is 4.90 Å². The van der Waals surface area contributed by atoms with Gasteiger partial charge in [0.15, 0.2) is 9.84 Å². The van der Waals surface area contributed by atoms with Crippen LogP contribution in [-0.2, 0) is 9.84 Å². The van der Waals surface area contributed by atoms with Gasteiger partial charge in [-0.2, -0.15) is 0 Å². The Balaban J connectivity index is 1.90. The van der Waals surface area contributed by atoms with Crippen LogP contribution in [0, 0.1) is 0 Å². The highest BCUT2D eigenvalue weighted by molar-refractivity contribution is 7.91. The van der Waals surface area contributed by atoms with E-state index >= 15 is 0 Å². The van der Waals surface area contributed by atoms with E-state index < -0.39 is 9.84 Å². The maximum atomic E-state index is 12.3. The minimum Gasteiger partial charge on any atom is -0.302 e. The van der Waals surface area contributed by atoms with Crippen molar-refractivity contribution < 1.29 is 8.42 Å². The molecule has 3 nitrogen and oxygen atoms in total. The third-order valence-electron chi connectivity index (χ3n) is 4.26. The molecule has 0 bridgehead atoms. The number of sulfone groups is 1. The van der Waals surface area contributed by atoms with Crippen LogP contribution >= 0.6 is 0 Å². The normalized spacial score (nSPS) is 18.1. The van der Waals surface area contributed by atoms with Gasteiger partial charge in [-0.05, 0) is 32.0 Å². The summed E-state index contributed by atoms with van der Waals surface area (Å²) in [5, 5.41) is 0. The molecule has 1 aliphatic carbocycles. The van der Waals surface area contributed by atoms with Crippen LogP contribution in [0.15, 0.2) is 35.2 Å². The van der Waals surface area contributed by atoms with Crippen molar-refractivity contribution >= 4 is 9.84 Å². The molecule has 1 aromatic carbocycles. The van der Waals surface area contributed by atoms with Crippen molar-refractivity contribution in [3.63, 3.8) is 0 Å². The fourth-order valence-corrected chi connectivity index (χ4v) is 4.23. The lowest BCUT2D eigenvalue weighted by Gasteiger charge is -2.26. The van der Waals surface area contributed by atoms with Gasteiger partial charge in [-0.3, -0.25) is 0 Å². The van der Waals surface area contributed by atoms with Gasteiger partial charge in [-0.15, -0.1) is 0 Å². The van der Waals surface area contributed by atoms with Crippen molar-refractivity contribution in [2.75, 3.05) is 19.3 Å². The SMILES string of the molecule is CN(CCS(=O)(=O)c1ccccc1)C1CCCCCC1. The molecule has 0 N–H and O–H groups in total. The van der Waals surface area contributed by atoms with E-state index in [2.05, 4.69) is 11.9 Å². The summed E-state index contributed by atoms with van der Waals surface area (Å²) in [5.74, 6) is 0.212. The zero-order valence-corrected chi connectivity index (χ0v) is 13.1. The number of rotatable bonds is 5. The Bertz CT molecular complexity index is 490. The monoisotopic (exact) mass is 295 g/mol. The van der Waals surface area contributed by atoms with Gasteiger partial charge in [0, 0.05) is 12.6 Å². The quantitative estimate of drug-likeness (QED) is 0.783. The Kier molecular flexibility index (Phi) is 5.61. The second kappa shape index (κ2) is 7.23. The lowest BCUT2D eigenvalue weighted by molar-refractivity contribution is 0.232. The molecule has 20 heavy (non-hydrogen) atoms. The predicted molar refractivity (Wildman–Crippen MR) is 82.6 cm³/mol. The van der Waals surface area contributed by atoms with Crippen LogP contribution in [0.3, 0.4) is 0 Å². The molecule has 112 valence electrons. The van der Waals surface area contributed by atoms with Gasteiger partial charge in [0.25, 0.3) is 0 Å². The summed E-state index contributed by atoms with van der Waals surface area (Å²) < 4.78 is 24.5. The molecule has 0 heterocycles. The maximum Gasteiger partial charge on any atom is 0.179 e. The van der Waals surface area contributed by atoms with Crippen LogP contribution in [0.4, 0.5) is 0 Å². The van der Waals surface area contributed by atoms with Gasteiger partial charge in [-0.25, -0.2) is 8.42 Å². The van der Waals surface area contributed by atoms with Gasteiger partial charge in [-0.1, -0.05) is 43.9 Å². The van der Waals surface area contributed by atoms with Crippen LogP contribution in [0.25, 0.3) is 0 Å². The minimum absolute atomic E-state index is 0.212. The van der Waals surface area contributed by atoms with E-state index in [4.69, 9.17) is 0 Å². The Morgan fingerprint density at radius 2 is 1.65 bits per heavy atom. The summed E-state index contributed by atoms with van der Waals surface area (Å²) in [6, 6.07) is 9.33. The molecule has 0 saturated heterocycles. The molecule has 0 unspecified atom stereocenters. The second-order valence-electron chi connectivity index (χ2n) is 5.76. The molecule has 1 fully saturated rings. The zero-order valence-electron chi connectivity index (χ0n) is 12.3. The molecular formula is C16H25NO2S. The van der Waals surface area contributed by atoms with Crippen molar-refractivity contribution in [2.45, 2.75) is 49.5 Å². The molecule has 0 aliphatic heterocycles. The smallest absolute Gasteiger partial charge is 0.179 e. The van der Waals surface area contributed by atoms with E-state index in [1.54, 1.807) is 24.3 Å². The zero-order chi connectivity index (χ0) is 14.4. The molecule has 1 saturated carbocycles. The van der Waals surface area contributed by atoms with E-state index in [-0.39, 0.29) is 5.75 Å². The van der Waals surface area contributed by atoms with E-state index in [0.717, 1.165) is 0 Å². The van der Waals surface area contributed by atoms with E-state index in [1.807, 2.05) is 6.07 Å². The van der Waals surface area contributed by atoms with E-state index in [9.17, 15) is 8.42 Å². The van der Waals surface area contributed by atoms with Crippen molar-refractivity contribution in [3.05, 3.63) is 30.3 Å². The van der Waals surface area contributed by atoms with Crippen LogP contribution in [0.1, 0.15) is 38.5 Å². The predicted octanol–water partition coefficient (Wildman–Crippen LogP) is 3.11. The first kappa shape index (κ1) is 15.5. The third-order valence-corrected chi connectivity index (χ3v) is 5.97. The molecule has 0 atom stereocenters. The fourth-order valence-electron chi connectivity index (χ4n) is 2.89. The Morgan fingerprint density at radius 3 is 2.25 bits per heavy atom.